The number of methoxy groups -OCH3 is 1. The fourth-order valence-corrected chi connectivity index (χ4v) is 1.69. The molecule has 1 fully saturated rings. The van der Waals surface area contributed by atoms with Crippen LogP contribution in [0.2, 0.25) is 0 Å². The van der Waals surface area contributed by atoms with E-state index >= 15 is 0 Å². The first-order chi connectivity index (χ1) is 10.1. The van der Waals surface area contributed by atoms with Crippen LogP contribution in [-0.4, -0.2) is 31.1 Å². The average molecular weight is 289 g/mol. The van der Waals surface area contributed by atoms with Gasteiger partial charge in [-0.3, -0.25) is 4.79 Å². The zero-order valence-corrected chi connectivity index (χ0v) is 12.2. The molecule has 0 heterocycles. The minimum absolute atomic E-state index is 0.247. The van der Waals surface area contributed by atoms with Gasteiger partial charge in [-0.15, -0.1) is 0 Å². The summed E-state index contributed by atoms with van der Waals surface area (Å²) in [6.45, 7) is 1.57. The van der Waals surface area contributed by atoms with Crippen molar-refractivity contribution in [2.75, 3.05) is 7.11 Å². The molecule has 21 heavy (non-hydrogen) atoms. The molecule has 0 radical (unpaired) electrons. The summed E-state index contributed by atoms with van der Waals surface area (Å²) in [4.78, 5) is 23.3. The van der Waals surface area contributed by atoms with Gasteiger partial charge in [-0.1, -0.05) is 12.1 Å². The van der Waals surface area contributed by atoms with E-state index in [0.717, 1.165) is 24.2 Å². The highest BCUT2D eigenvalue weighted by molar-refractivity contribution is 5.90. The van der Waals surface area contributed by atoms with E-state index in [0.29, 0.717) is 0 Å². The lowest BCUT2D eigenvalue weighted by Gasteiger charge is -2.11. The van der Waals surface area contributed by atoms with Crippen LogP contribution in [0.15, 0.2) is 30.3 Å². The first-order valence-corrected chi connectivity index (χ1v) is 6.91. The smallest absolute Gasteiger partial charge is 0.331 e. The number of benzene rings is 1. The van der Waals surface area contributed by atoms with Crippen LogP contribution in [0.25, 0.3) is 6.08 Å². The van der Waals surface area contributed by atoms with Gasteiger partial charge in [-0.05, 0) is 43.5 Å². The number of rotatable bonds is 6. The molecule has 0 saturated heterocycles. The van der Waals surface area contributed by atoms with Gasteiger partial charge < -0.3 is 14.8 Å². The standard InChI is InChI=1S/C16H19NO4/c1-11(16(19)17-13-6-7-13)21-15(18)10-5-12-3-8-14(20-2)9-4-12/h3-5,8-11,13H,6-7H2,1-2H3,(H,17,19)/b10-5+/t11-/m0/s1. The third-order valence-corrected chi connectivity index (χ3v) is 3.11. The summed E-state index contributed by atoms with van der Waals surface area (Å²) in [5.74, 6) is -0.0342. The molecular weight excluding hydrogens is 270 g/mol. The summed E-state index contributed by atoms with van der Waals surface area (Å²) in [6, 6.07) is 7.51. The Labute approximate surface area is 123 Å². The number of esters is 1. The maximum atomic E-state index is 11.6. The summed E-state index contributed by atoms with van der Waals surface area (Å²) in [5, 5.41) is 2.79. The van der Waals surface area contributed by atoms with E-state index < -0.39 is 12.1 Å². The number of carbonyl (C=O) groups excluding carboxylic acids is 2. The average Bonchev–Trinajstić information content (AvgIpc) is 3.29. The molecular formula is C16H19NO4. The molecule has 1 aliphatic carbocycles. The third kappa shape index (κ3) is 4.95. The van der Waals surface area contributed by atoms with E-state index in [1.807, 2.05) is 12.1 Å². The molecule has 0 spiro atoms. The van der Waals surface area contributed by atoms with Gasteiger partial charge in [0.1, 0.15) is 5.75 Å². The van der Waals surface area contributed by atoms with Crippen LogP contribution in [-0.2, 0) is 14.3 Å². The zero-order chi connectivity index (χ0) is 15.2. The minimum atomic E-state index is -0.779. The summed E-state index contributed by atoms with van der Waals surface area (Å²) < 4.78 is 10.1. The quantitative estimate of drug-likeness (QED) is 0.642. The number of amides is 1. The molecule has 1 N–H and O–H groups in total. The van der Waals surface area contributed by atoms with Crippen molar-refractivity contribution in [3.05, 3.63) is 35.9 Å². The van der Waals surface area contributed by atoms with Gasteiger partial charge in [-0.25, -0.2) is 4.79 Å². The highest BCUT2D eigenvalue weighted by atomic mass is 16.5. The van der Waals surface area contributed by atoms with E-state index in [1.54, 1.807) is 32.2 Å². The molecule has 1 saturated carbocycles. The number of hydrogen-bond donors (Lipinski definition) is 1. The molecule has 1 atom stereocenters. The van der Waals surface area contributed by atoms with Gasteiger partial charge in [0, 0.05) is 12.1 Å². The Morgan fingerprint density at radius 2 is 1.95 bits per heavy atom. The Balaban J connectivity index is 1.81. The normalized spacial score (nSPS) is 15.5. The van der Waals surface area contributed by atoms with Crippen LogP contribution in [0.5, 0.6) is 5.75 Å². The third-order valence-electron chi connectivity index (χ3n) is 3.11. The van der Waals surface area contributed by atoms with E-state index in [2.05, 4.69) is 5.32 Å². The van der Waals surface area contributed by atoms with E-state index in [-0.39, 0.29) is 11.9 Å². The van der Waals surface area contributed by atoms with Gasteiger partial charge in [0.25, 0.3) is 5.91 Å². The van der Waals surface area contributed by atoms with E-state index in [4.69, 9.17) is 9.47 Å². The maximum Gasteiger partial charge on any atom is 0.331 e. The Morgan fingerprint density at radius 1 is 1.29 bits per heavy atom. The lowest BCUT2D eigenvalue weighted by Crippen LogP contribution is -2.36. The Morgan fingerprint density at radius 3 is 2.52 bits per heavy atom. The van der Waals surface area contributed by atoms with Crippen LogP contribution in [0.3, 0.4) is 0 Å². The van der Waals surface area contributed by atoms with Crippen molar-refractivity contribution >= 4 is 18.0 Å². The predicted molar refractivity (Wildman–Crippen MR) is 78.7 cm³/mol. The highest BCUT2D eigenvalue weighted by Crippen LogP contribution is 2.18. The van der Waals surface area contributed by atoms with Crippen molar-refractivity contribution in [1.82, 2.24) is 5.32 Å². The summed E-state index contributed by atoms with van der Waals surface area (Å²) in [5.41, 5.74) is 0.850. The van der Waals surface area contributed by atoms with Crippen molar-refractivity contribution in [1.29, 1.82) is 0 Å². The van der Waals surface area contributed by atoms with Gasteiger partial charge in [0.05, 0.1) is 7.11 Å². The molecule has 5 heteroatoms. The number of carbonyl (C=O) groups is 2. The Hall–Kier alpha value is -2.30. The highest BCUT2D eigenvalue weighted by Gasteiger charge is 2.26. The largest absolute Gasteiger partial charge is 0.497 e. The first kappa shape index (κ1) is 15.1. The fourth-order valence-electron chi connectivity index (χ4n) is 1.69. The fraction of sp³-hybridized carbons (Fsp3) is 0.375. The molecule has 0 bridgehead atoms. The lowest BCUT2D eigenvalue weighted by atomic mass is 10.2. The summed E-state index contributed by atoms with van der Waals surface area (Å²) in [7, 11) is 1.59. The van der Waals surface area contributed by atoms with Crippen LogP contribution in [0.1, 0.15) is 25.3 Å². The second-order valence-corrected chi connectivity index (χ2v) is 4.97. The molecule has 1 aromatic carbocycles. The molecule has 0 unspecified atom stereocenters. The predicted octanol–water partition coefficient (Wildman–Crippen LogP) is 1.92. The number of hydrogen-bond acceptors (Lipinski definition) is 4. The molecule has 1 amide bonds. The second kappa shape index (κ2) is 6.92. The molecule has 5 nitrogen and oxygen atoms in total. The Bertz CT molecular complexity index is 532. The lowest BCUT2D eigenvalue weighted by molar-refractivity contribution is -0.150. The van der Waals surface area contributed by atoms with Crippen molar-refractivity contribution in [2.24, 2.45) is 0 Å². The summed E-state index contributed by atoms with van der Waals surface area (Å²) in [6.07, 6.45) is 4.17. The van der Waals surface area contributed by atoms with Crippen molar-refractivity contribution < 1.29 is 19.1 Å². The molecule has 2 rings (SSSR count). The number of ether oxygens (including phenoxy) is 2. The second-order valence-electron chi connectivity index (χ2n) is 4.97. The van der Waals surface area contributed by atoms with Crippen molar-refractivity contribution in [3.8, 4) is 5.75 Å². The SMILES string of the molecule is COc1ccc(/C=C/C(=O)O[C@@H](C)C(=O)NC2CC2)cc1. The monoisotopic (exact) mass is 289 g/mol. The topological polar surface area (TPSA) is 64.6 Å². The van der Waals surface area contributed by atoms with Crippen LogP contribution in [0.4, 0.5) is 0 Å². The molecule has 1 aromatic rings. The van der Waals surface area contributed by atoms with Gasteiger partial charge in [0.2, 0.25) is 0 Å². The van der Waals surface area contributed by atoms with E-state index in [9.17, 15) is 9.59 Å². The minimum Gasteiger partial charge on any atom is -0.497 e. The summed E-state index contributed by atoms with van der Waals surface area (Å²) >= 11 is 0. The van der Waals surface area contributed by atoms with Gasteiger partial charge >= 0.3 is 5.97 Å². The molecule has 112 valence electrons. The molecule has 0 aliphatic heterocycles. The zero-order valence-electron chi connectivity index (χ0n) is 12.2. The Kier molecular flexibility index (Phi) is 4.98. The van der Waals surface area contributed by atoms with Crippen molar-refractivity contribution in [2.45, 2.75) is 31.9 Å². The van der Waals surface area contributed by atoms with E-state index in [1.165, 1.54) is 6.08 Å². The number of nitrogens with one attached hydrogen (secondary N) is 1. The maximum absolute atomic E-state index is 11.6. The van der Waals surface area contributed by atoms with Gasteiger partial charge in [0.15, 0.2) is 6.10 Å². The molecule has 1 aliphatic rings. The van der Waals surface area contributed by atoms with Crippen LogP contribution in [0, 0.1) is 0 Å². The van der Waals surface area contributed by atoms with Gasteiger partial charge in [-0.2, -0.15) is 0 Å². The van der Waals surface area contributed by atoms with Crippen molar-refractivity contribution in [3.63, 3.8) is 0 Å². The van der Waals surface area contributed by atoms with Crippen LogP contribution < -0.4 is 10.1 Å². The molecule has 0 aromatic heterocycles. The van der Waals surface area contributed by atoms with Crippen LogP contribution >= 0.6 is 0 Å². The first-order valence-electron chi connectivity index (χ1n) is 6.91.